The number of nitrogens with zero attached hydrogens (tertiary/aromatic N) is 3. The highest BCUT2D eigenvalue weighted by molar-refractivity contribution is 9.10. The van der Waals surface area contributed by atoms with E-state index in [1.165, 1.54) is 17.1 Å². The molecular formula is C26H16BrN3O3. The Morgan fingerprint density at radius 2 is 1.55 bits per heavy atom. The summed E-state index contributed by atoms with van der Waals surface area (Å²) < 4.78 is 2.27. The van der Waals surface area contributed by atoms with E-state index in [0.717, 1.165) is 31.6 Å². The van der Waals surface area contributed by atoms with E-state index in [0.29, 0.717) is 5.56 Å². The third kappa shape index (κ3) is 3.94. The maximum absolute atomic E-state index is 13.6. The van der Waals surface area contributed by atoms with E-state index in [9.17, 15) is 14.9 Å². The Morgan fingerprint density at radius 1 is 0.939 bits per heavy atom. The molecule has 33 heavy (non-hydrogen) atoms. The van der Waals surface area contributed by atoms with Crippen LogP contribution in [0.2, 0.25) is 0 Å². The van der Waals surface area contributed by atoms with Crippen LogP contribution in [0.15, 0.2) is 95.9 Å². The molecule has 0 saturated heterocycles. The number of aromatic nitrogens is 2. The molecule has 0 aliphatic heterocycles. The Balaban J connectivity index is 1.80. The average Bonchev–Trinajstić information content (AvgIpc) is 3.32. The summed E-state index contributed by atoms with van der Waals surface area (Å²) in [5.74, 6) is -0.598. The molecule has 0 unspecified atom stereocenters. The smallest absolute Gasteiger partial charge is 0.358 e. The molecule has 0 aliphatic carbocycles. The first-order valence-corrected chi connectivity index (χ1v) is 10.9. The standard InChI is InChI=1S/C26H16BrN3O3/c27-20-11-9-17(10-12-20)26(31)24(29-15-25(28-16-29)30(32)33)14-23-21-7-3-1-5-18(21)13-19-6-2-4-8-22(19)23/h1-16H/b24-14-. The molecule has 5 aromatic rings. The van der Waals surface area contributed by atoms with Gasteiger partial charge in [0.15, 0.2) is 0 Å². The number of rotatable bonds is 5. The second kappa shape index (κ2) is 8.44. The number of nitro groups is 1. The first kappa shape index (κ1) is 20.8. The molecule has 0 atom stereocenters. The van der Waals surface area contributed by atoms with Gasteiger partial charge < -0.3 is 10.1 Å². The van der Waals surface area contributed by atoms with Crippen LogP contribution < -0.4 is 0 Å². The highest BCUT2D eigenvalue weighted by atomic mass is 79.9. The fraction of sp³-hybridized carbons (Fsp3) is 0. The van der Waals surface area contributed by atoms with Crippen molar-refractivity contribution in [2.75, 3.05) is 0 Å². The van der Waals surface area contributed by atoms with Crippen LogP contribution in [0.4, 0.5) is 5.82 Å². The van der Waals surface area contributed by atoms with Crippen molar-refractivity contribution in [1.29, 1.82) is 0 Å². The van der Waals surface area contributed by atoms with Gasteiger partial charge in [0.25, 0.3) is 0 Å². The molecule has 0 spiro atoms. The van der Waals surface area contributed by atoms with Gasteiger partial charge in [0.1, 0.15) is 6.20 Å². The number of hydrogen-bond acceptors (Lipinski definition) is 4. The maximum Gasteiger partial charge on any atom is 0.381 e. The number of ketones is 1. The average molecular weight is 498 g/mol. The summed E-state index contributed by atoms with van der Waals surface area (Å²) in [6.07, 6.45) is 4.35. The summed E-state index contributed by atoms with van der Waals surface area (Å²) in [5.41, 5.74) is 1.59. The van der Waals surface area contributed by atoms with Crippen LogP contribution in [0.25, 0.3) is 33.3 Å². The van der Waals surface area contributed by atoms with Gasteiger partial charge in [-0.05, 0) is 73.4 Å². The molecule has 0 N–H and O–H groups in total. The number of hydrogen-bond donors (Lipinski definition) is 0. The van der Waals surface area contributed by atoms with Crippen LogP contribution >= 0.6 is 15.9 Å². The first-order valence-electron chi connectivity index (χ1n) is 10.1. The van der Waals surface area contributed by atoms with Gasteiger partial charge in [0, 0.05) is 10.0 Å². The van der Waals surface area contributed by atoms with Crippen molar-refractivity contribution in [3.63, 3.8) is 0 Å². The van der Waals surface area contributed by atoms with Gasteiger partial charge in [-0.15, -0.1) is 0 Å². The van der Waals surface area contributed by atoms with Crippen LogP contribution in [0.1, 0.15) is 15.9 Å². The second-order valence-electron chi connectivity index (χ2n) is 7.49. The monoisotopic (exact) mass is 497 g/mol. The van der Waals surface area contributed by atoms with Gasteiger partial charge in [-0.25, -0.2) is 0 Å². The van der Waals surface area contributed by atoms with Crippen LogP contribution in [0, 0.1) is 10.1 Å². The number of carbonyl (C=O) groups excluding carboxylic acids is 1. The van der Waals surface area contributed by atoms with Crippen molar-refractivity contribution in [3.05, 3.63) is 117 Å². The van der Waals surface area contributed by atoms with Crippen molar-refractivity contribution in [2.45, 2.75) is 0 Å². The van der Waals surface area contributed by atoms with Crippen LogP contribution in [0.5, 0.6) is 0 Å². The predicted molar refractivity (Wildman–Crippen MR) is 133 cm³/mol. The minimum Gasteiger partial charge on any atom is -0.358 e. The SMILES string of the molecule is O=C(/C(=C/c1c2ccccc2cc2ccccc12)n1cnc([N+](=O)[O-])c1)c1ccc(Br)cc1. The molecule has 0 amide bonds. The number of fused-ring (bicyclic) bond motifs is 2. The second-order valence-corrected chi connectivity index (χ2v) is 8.41. The summed E-state index contributed by atoms with van der Waals surface area (Å²) in [5, 5.41) is 15.3. The fourth-order valence-corrected chi connectivity index (χ4v) is 4.15. The van der Waals surface area contributed by atoms with Crippen molar-refractivity contribution in [2.24, 2.45) is 0 Å². The van der Waals surface area contributed by atoms with Gasteiger partial charge in [-0.1, -0.05) is 64.5 Å². The Labute approximate surface area is 197 Å². The van der Waals surface area contributed by atoms with E-state index < -0.39 is 4.92 Å². The molecule has 0 aliphatic rings. The molecule has 7 heteroatoms. The number of allylic oxidation sites excluding steroid dienone is 1. The van der Waals surface area contributed by atoms with Crippen LogP contribution in [0.3, 0.4) is 0 Å². The van der Waals surface area contributed by atoms with Gasteiger partial charge in [-0.2, -0.15) is 0 Å². The number of Topliss-reactive ketones (excluding diaryl/α,β-unsaturated/α-hetero) is 1. The van der Waals surface area contributed by atoms with E-state index in [2.05, 4.69) is 27.0 Å². The summed E-state index contributed by atoms with van der Waals surface area (Å²) in [6, 6.07) is 25.0. The van der Waals surface area contributed by atoms with Gasteiger partial charge in [-0.3, -0.25) is 9.36 Å². The van der Waals surface area contributed by atoms with Crippen LogP contribution in [-0.2, 0) is 0 Å². The minimum atomic E-state index is -0.578. The van der Waals surface area contributed by atoms with E-state index in [1.807, 2.05) is 48.5 Å². The summed E-state index contributed by atoms with van der Waals surface area (Å²) in [6.45, 7) is 0. The van der Waals surface area contributed by atoms with Gasteiger partial charge in [0.2, 0.25) is 12.1 Å². The lowest BCUT2D eigenvalue weighted by atomic mass is 9.95. The molecule has 160 valence electrons. The molecule has 6 nitrogen and oxygen atoms in total. The third-order valence-electron chi connectivity index (χ3n) is 5.47. The number of benzene rings is 4. The van der Waals surface area contributed by atoms with Crippen molar-refractivity contribution in [1.82, 2.24) is 9.55 Å². The lowest BCUT2D eigenvalue weighted by molar-refractivity contribution is -0.389. The third-order valence-corrected chi connectivity index (χ3v) is 6.00. The number of imidazole rings is 1. The number of halogens is 1. The van der Waals surface area contributed by atoms with Crippen LogP contribution in [-0.4, -0.2) is 20.3 Å². The molecule has 0 saturated carbocycles. The zero-order chi connectivity index (χ0) is 22.9. The molecule has 1 heterocycles. The fourth-order valence-electron chi connectivity index (χ4n) is 3.89. The van der Waals surface area contributed by atoms with Crippen molar-refractivity contribution in [3.8, 4) is 0 Å². The largest absolute Gasteiger partial charge is 0.381 e. The Kier molecular flexibility index (Phi) is 5.32. The first-order chi connectivity index (χ1) is 16.0. The molecule has 4 aromatic carbocycles. The molecule has 5 rings (SSSR count). The summed E-state index contributed by atoms with van der Waals surface area (Å²) >= 11 is 3.39. The van der Waals surface area contributed by atoms with Crippen molar-refractivity contribution < 1.29 is 9.72 Å². The van der Waals surface area contributed by atoms with Gasteiger partial charge in [0.05, 0.1) is 5.70 Å². The Bertz CT molecular complexity index is 1520. The highest BCUT2D eigenvalue weighted by Crippen LogP contribution is 2.32. The summed E-state index contributed by atoms with van der Waals surface area (Å²) in [7, 11) is 0. The van der Waals surface area contributed by atoms with Gasteiger partial charge >= 0.3 is 5.82 Å². The van der Waals surface area contributed by atoms with E-state index in [-0.39, 0.29) is 17.3 Å². The zero-order valence-electron chi connectivity index (χ0n) is 17.2. The van der Waals surface area contributed by atoms with E-state index >= 15 is 0 Å². The lowest BCUT2D eigenvalue weighted by Gasteiger charge is -2.12. The van der Waals surface area contributed by atoms with E-state index in [1.54, 1.807) is 30.3 Å². The topological polar surface area (TPSA) is 78.0 Å². The highest BCUT2D eigenvalue weighted by Gasteiger charge is 2.20. The quantitative estimate of drug-likeness (QED) is 0.0884. The normalized spacial score (nSPS) is 11.7. The molecular weight excluding hydrogens is 482 g/mol. The number of carbonyl (C=O) groups is 1. The zero-order valence-corrected chi connectivity index (χ0v) is 18.8. The Morgan fingerprint density at radius 3 is 2.12 bits per heavy atom. The Hall–Kier alpha value is -4.10. The molecule has 0 radical (unpaired) electrons. The molecule has 0 bridgehead atoms. The van der Waals surface area contributed by atoms with E-state index in [4.69, 9.17) is 0 Å². The lowest BCUT2D eigenvalue weighted by Crippen LogP contribution is -2.08. The molecule has 1 aromatic heterocycles. The molecule has 0 fully saturated rings. The minimum absolute atomic E-state index is 0.263. The van der Waals surface area contributed by atoms with Crippen molar-refractivity contribution >= 4 is 60.8 Å². The maximum atomic E-state index is 13.6. The summed E-state index contributed by atoms with van der Waals surface area (Å²) in [4.78, 5) is 28.1. The predicted octanol–water partition coefficient (Wildman–Crippen LogP) is 6.74.